The third kappa shape index (κ3) is 3.35. The molecule has 0 aliphatic rings. The first-order valence-electron chi connectivity index (χ1n) is 6.38. The highest BCUT2D eigenvalue weighted by Crippen LogP contribution is 2.24. The van der Waals surface area contributed by atoms with Gasteiger partial charge in [0.1, 0.15) is 11.6 Å². The lowest BCUT2D eigenvalue weighted by molar-refractivity contribution is 0.550. The van der Waals surface area contributed by atoms with Crippen LogP contribution in [0.1, 0.15) is 22.7 Å². The molecule has 0 amide bonds. The van der Waals surface area contributed by atoms with Gasteiger partial charge in [-0.2, -0.15) is 0 Å². The fourth-order valence-electron chi connectivity index (χ4n) is 2.30. The standard InChI is InChI=1S/C16H16ClF2N/c1-10-7-13(18)5-6-14(10)16(20-2)8-11-3-4-12(17)9-15(11)19/h3-7,9,16,20H,8H2,1-2H3. The molecule has 1 atom stereocenters. The van der Waals surface area contributed by atoms with Gasteiger partial charge in [0, 0.05) is 11.1 Å². The molecule has 2 aromatic carbocycles. The molecule has 0 radical (unpaired) electrons. The highest BCUT2D eigenvalue weighted by Gasteiger charge is 2.15. The number of likely N-dealkylation sites (N-methyl/N-ethyl adjacent to an activating group) is 1. The molecule has 0 bridgehead atoms. The summed E-state index contributed by atoms with van der Waals surface area (Å²) in [7, 11) is 1.81. The molecular formula is C16H16ClF2N. The van der Waals surface area contributed by atoms with Crippen LogP contribution in [0, 0.1) is 18.6 Å². The lowest BCUT2D eigenvalue weighted by Gasteiger charge is -2.19. The van der Waals surface area contributed by atoms with Crippen molar-refractivity contribution in [3.8, 4) is 0 Å². The molecule has 1 N–H and O–H groups in total. The molecule has 20 heavy (non-hydrogen) atoms. The van der Waals surface area contributed by atoms with Crippen LogP contribution in [0.5, 0.6) is 0 Å². The van der Waals surface area contributed by atoms with Gasteiger partial charge < -0.3 is 5.32 Å². The van der Waals surface area contributed by atoms with E-state index in [0.29, 0.717) is 17.0 Å². The van der Waals surface area contributed by atoms with Gasteiger partial charge in [-0.05, 0) is 61.3 Å². The number of halogens is 3. The predicted molar refractivity (Wildman–Crippen MR) is 78.1 cm³/mol. The second-order valence-corrected chi connectivity index (χ2v) is 5.22. The molecular weight excluding hydrogens is 280 g/mol. The van der Waals surface area contributed by atoms with Gasteiger partial charge in [-0.3, -0.25) is 0 Å². The molecule has 0 aromatic heterocycles. The normalized spacial score (nSPS) is 12.4. The largest absolute Gasteiger partial charge is 0.313 e. The van der Waals surface area contributed by atoms with Crippen LogP contribution in [0.4, 0.5) is 8.78 Å². The smallest absolute Gasteiger partial charge is 0.127 e. The molecule has 0 spiro atoms. The number of rotatable bonds is 4. The third-order valence-corrected chi connectivity index (χ3v) is 3.63. The SMILES string of the molecule is CNC(Cc1ccc(Cl)cc1F)c1ccc(F)cc1C. The van der Waals surface area contributed by atoms with Gasteiger partial charge in [0.2, 0.25) is 0 Å². The van der Waals surface area contributed by atoms with E-state index in [2.05, 4.69) is 5.32 Å². The van der Waals surface area contributed by atoms with Crippen molar-refractivity contribution in [1.29, 1.82) is 0 Å². The fourth-order valence-corrected chi connectivity index (χ4v) is 2.46. The highest BCUT2D eigenvalue weighted by atomic mass is 35.5. The highest BCUT2D eigenvalue weighted by molar-refractivity contribution is 6.30. The Hall–Kier alpha value is -1.45. The predicted octanol–water partition coefficient (Wildman–Crippen LogP) is 4.43. The maximum Gasteiger partial charge on any atom is 0.127 e. The van der Waals surface area contributed by atoms with Crippen LogP contribution >= 0.6 is 11.6 Å². The second-order valence-electron chi connectivity index (χ2n) is 4.78. The molecule has 0 saturated carbocycles. The third-order valence-electron chi connectivity index (χ3n) is 3.39. The Bertz CT molecular complexity index is 613. The molecule has 0 heterocycles. The van der Waals surface area contributed by atoms with E-state index in [1.54, 1.807) is 25.2 Å². The van der Waals surface area contributed by atoms with E-state index in [0.717, 1.165) is 11.1 Å². The molecule has 2 aromatic rings. The van der Waals surface area contributed by atoms with E-state index in [1.807, 2.05) is 6.92 Å². The van der Waals surface area contributed by atoms with Crippen molar-refractivity contribution in [3.63, 3.8) is 0 Å². The van der Waals surface area contributed by atoms with Crippen molar-refractivity contribution < 1.29 is 8.78 Å². The molecule has 106 valence electrons. The van der Waals surface area contributed by atoms with Crippen LogP contribution in [-0.2, 0) is 6.42 Å². The van der Waals surface area contributed by atoms with Gasteiger partial charge in [-0.25, -0.2) is 8.78 Å². The summed E-state index contributed by atoms with van der Waals surface area (Å²) in [6.45, 7) is 1.85. The van der Waals surface area contributed by atoms with Crippen LogP contribution < -0.4 is 5.32 Å². The van der Waals surface area contributed by atoms with Crippen molar-refractivity contribution in [2.75, 3.05) is 7.05 Å². The van der Waals surface area contributed by atoms with Gasteiger partial charge in [-0.15, -0.1) is 0 Å². The Balaban J connectivity index is 2.28. The van der Waals surface area contributed by atoms with Crippen LogP contribution in [0.2, 0.25) is 5.02 Å². The Morgan fingerprint density at radius 1 is 1.15 bits per heavy atom. The van der Waals surface area contributed by atoms with E-state index < -0.39 is 0 Å². The van der Waals surface area contributed by atoms with Crippen LogP contribution in [0.25, 0.3) is 0 Å². The number of benzene rings is 2. The van der Waals surface area contributed by atoms with E-state index >= 15 is 0 Å². The van der Waals surface area contributed by atoms with E-state index in [1.165, 1.54) is 18.2 Å². The first kappa shape index (κ1) is 14.9. The fraction of sp³-hybridized carbons (Fsp3) is 0.250. The summed E-state index contributed by atoms with van der Waals surface area (Å²) < 4.78 is 27.0. The lowest BCUT2D eigenvalue weighted by atomic mass is 9.95. The Kier molecular flexibility index (Phi) is 4.73. The Labute approximate surface area is 122 Å². The van der Waals surface area contributed by atoms with Crippen LogP contribution in [0.15, 0.2) is 36.4 Å². The van der Waals surface area contributed by atoms with Gasteiger partial charge in [-0.1, -0.05) is 23.7 Å². The van der Waals surface area contributed by atoms with Crippen molar-refractivity contribution in [2.24, 2.45) is 0 Å². The Morgan fingerprint density at radius 3 is 2.50 bits per heavy atom. The first-order chi connectivity index (χ1) is 9.51. The summed E-state index contributed by atoms with van der Waals surface area (Å²) in [6, 6.07) is 9.22. The lowest BCUT2D eigenvalue weighted by Crippen LogP contribution is -2.20. The van der Waals surface area contributed by atoms with Crippen molar-refractivity contribution in [3.05, 3.63) is 69.7 Å². The van der Waals surface area contributed by atoms with E-state index in [4.69, 9.17) is 11.6 Å². The van der Waals surface area contributed by atoms with Crippen LogP contribution in [-0.4, -0.2) is 7.05 Å². The number of aryl methyl sites for hydroxylation is 1. The van der Waals surface area contributed by atoms with E-state index in [-0.39, 0.29) is 17.7 Å². The molecule has 1 unspecified atom stereocenters. The molecule has 4 heteroatoms. The average molecular weight is 296 g/mol. The number of nitrogens with one attached hydrogen (secondary N) is 1. The summed E-state index contributed by atoms with van der Waals surface area (Å²) in [4.78, 5) is 0. The zero-order chi connectivity index (χ0) is 14.7. The molecule has 1 nitrogen and oxygen atoms in total. The molecule has 0 aliphatic heterocycles. The molecule has 0 aliphatic carbocycles. The molecule has 0 fully saturated rings. The van der Waals surface area contributed by atoms with Crippen molar-refractivity contribution in [1.82, 2.24) is 5.32 Å². The van der Waals surface area contributed by atoms with Gasteiger partial charge >= 0.3 is 0 Å². The zero-order valence-electron chi connectivity index (χ0n) is 11.4. The minimum Gasteiger partial charge on any atom is -0.313 e. The summed E-state index contributed by atoms with van der Waals surface area (Å²) in [5, 5.41) is 3.53. The molecule has 2 rings (SSSR count). The maximum atomic E-state index is 13.9. The van der Waals surface area contributed by atoms with Gasteiger partial charge in [0.25, 0.3) is 0 Å². The maximum absolute atomic E-state index is 13.9. The van der Waals surface area contributed by atoms with Gasteiger partial charge in [0.15, 0.2) is 0 Å². The second kappa shape index (κ2) is 6.33. The number of hydrogen-bond acceptors (Lipinski definition) is 1. The van der Waals surface area contributed by atoms with E-state index in [9.17, 15) is 8.78 Å². The minimum absolute atomic E-state index is 0.0775. The number of hydrogen-bond donors (Lipinski definition) is 1. The monoisotopic (exact) mass is 295 g/mol. The van der Waals surface area contributed by atoms with Crippen molar-refractivity contribution >= 4 is 11.6 Å². The first-order valence-corrected chi connectivity index (χ1v) is 6.76. The quantitative estimate of drug-likeness (QED) is 0.880. The average Bonchev–Trinajstić information content (AvgIpc) is 2.39. The van der Waals surface area contributed by atoms with Crippen molar-refractivity contribution in [2.45, 2.75) is 19.4 Å². The zero-order valence-corrected chi connectivity index (χ0v) is 12.1. The summed E-state index contributed by atoms with van der Waals surface area (Å²) in [5.74, 6) is -0.587. The van der Waals surface area contributed by atoms with Gasteiger partial charge in [0.05, 0.1) is 0 Å². The minimum atomic E-state index is -0.322. The summed E-state index contributed by atoms with van der Waals surface area (Å²) >= 11 is 5.75. The van der Waals surface area contributed by atoms with Crippen LogP contribution in [0.3, 0.4) is 0 Å². The topological polar surface area (TPSA) is 12.0 Å². The molecule has 0 saturated heterocycles. The summed E-state index contributed by atoms with van der Waals surface area (Å²) in [6.07, 6.45) is 0.478. The summed E-state index contributed by atoms with van der Waals surface area (Å²) in [5.41, 5.74) is 2.39. The Morgan fingerprint density at radius 2 is 1.90 bits per heavy atom.